The zero-order chi connectivity index (χ0) is 21.5. The number of fused-ring (bicyclic) bond motifs is 3. The number of hydrogen-bond acceptors (Lipinski definition) is 5. The van der Waals surface area contributed by atoms with Crippen molar-refractivity contribution in [1.29, 1.82) is 0 Å². The molecule has 0 spiro atoms. The summed E-state index contributed by atoms with van der Waals surface area (Å²) >= 11 is 6.24. The fraction of sp³-hybridized carbons (Fsp3) is 0.167. The van der Waals surface area contributed by atoms with Crippen molar-refractivity contribution in [3.05, 3.63) is 94.3 Å². The van der Waals surface area contributed by atoms with E-state index in [2.05, 4.69) is 0 Å². The molecule has 0 saturated heterocycles. The lowest BCUT2D eigenvalue weighted by atomic mass is 9.95. The molecule has 0 unspecified atom stereocenters. The van der Waals surface area contributed by atoms with E-state index in [9.17, 15) is 9.18 Å². The van der Waals surface area contributed by atoms with Crippen molar-refractivity contribution < 1.29 is 18.7 Å². The first-order chi connectivity index (χ1) is 15.0. The molecular weight excluding hydrogens is 419 g/mol. The van der Waals surface area contributed by atoms with Crippen LogP contribution in [0.3, 0.4) is 0 Å². The summed E-state index contributed by atoms with van der Waals surface area (Å²) in [4.78, 5) is 13.3. The first kappa shape index (κ1) is 19.6. The Bertz CT molecular complexity index is 1180. The maximum Gasteiger partial charge on any atom is 0.251 e. The summed E-state index contributed by atoms with van der Waals surface area (Å²) in [6.07, 6.45) is -0.365. The largest absolute Gasteiger partial charge is 0.497 e. The van der Waals surface area contributed by atoms with Crippen LogP contribution in [0.1, 0.15) is 33.9 Å². The molecule has 31 heavy (non-hydrogen) atoms. The summed E-state index contributed by atoms with van der Waals surface area (Å²) in [7, 11) is 1.62. The van der Waals surface area contributed by atoms with Gasteiger partial charge >= 0.3 is 0 Å². The second-order valence-electron chi connectivity index (χ2n) is 7.40. The Morgan fingerprint density at radius 2 is 1.87 bits per heavy atom. The van der Waals surface area contributed by atoms with E-state index in [0.29, 0.717) is 22.8 Å². The number of carbonyl (C=O) groups is 1. The molecule has 0 N–H and O–H groups in total. The minimum Gasteiger partial charge on any atom is -0.497 e. The molecule has 0 radical (unpaired) electrons. The van der Waals surface area contributed by atoms with Gasteiger partial charge < -0.3 is 9.47 Å². The number of ketones is 1. The molecule has 5 nitrogen and oxygen atoms in total. The van der Waals surface area contributed by atoms with E-state index >= 15 is 0 Å². The van der Waals surface area contributed by atoms with E-state index in [1.165, 1.54) is 24.3 Å². The molecule has 0 fully saturated rings. The highest BCUT2D eigenvalue weighted by molar-refractivity contribution is 6.30. The van der Waals surface area contributed by atoms with E-state index in [4.69, 9.17) is 26.2 Å². The van der Waals surface area contributed by atoms with Crippen LogP contribution in [0.15, 0.2) is 71.8 Å². The second kappa shape index (κ2) is 7.71. The Hall–Kier alpha value is -3.38. The summed E-state index contributed by atoms with van der Waals surface area (Å²) in [5.74, 6) is 0.660. The first-order valence-corrected chi connectivity index (χ1v) is 10.2. The van der Waals surface area contributed by atoms with Crippen molar-refractivity contribution in [2.75, 3.05) is 7.11 Å². The average molecular weight is 437 g/mol. The predicted octanol–water partition coefficient (Wildman–Crippen LogP) is 5.24. The standard InChI is InChI=1S/C24H18ClFN2O3/c1-30-18-9-4-14(5-10-18)20-13-21-19-12-16(25)6-11-22(19)31-24(28(21)27-20)23(29)15-2-7-17(26)8-3-15/h2-12,21,24H,13H2,1H3/t21-,24-/m0/s1. The monoisotopic (exact) mass is 436 g/mol. The van der Waals surface area contributed by atoms with Gasteiger partial charge in [0.1, 0.15) is 17.3 Å². The van der Waals surface area contributed by atoms with Gasteiger partial charge in [0, 0.05) is 22.6 Å². The lowest BCUT2D eigenvalue weighted by Crippen LogP contribution is -2.45. The highest BCUT2D eigenvalue weighted by Gasteiger charge is 2.43. The zero-order valence-electron chi connectivity index (χ0n) is 16.6. The number of rotatable bonds is 4. The van der Waals surface area contributed by atoms with Crippen molar-refractivity contribution >= 4 is 23.1 Å². The number of hydrogen-bond donors (Lipinski definition) is 0. The first-order valence-electron chi connectivity index (χ1n) is 9.79. The van der Waals surface area contributed by atoms with Crippen LogP contribution in [0, 0.1) is 5.82 Å². The summed E-state index contributed by atoms with van der Waals surface area (Å²) in [5, 5.41) is 7.03. The molecule has 0 saturated carbocycles. The molecule has 156 valence electrons. The Morgan fingerprint density at radius 1 is 1.13 bits per heavy atom. The van der Waals surface area contributed by atoms with E-state index in [1.807, 2.05) is 30.3 Å². The Balaban J connectivity index is 1.55. The van der Waals surface area contributed by atoms with Gasteiger partial charge in [-0.3, -0.25) is 4.79 Å². The lowest BCUT2D eigenvalue weighted by Gasteiger charge is -2.37. The van der Waals surface area contributed by atoms with Crippen LogP contribution in [0.25, 0.3) is 0 Å². The van der Waals surface area contributed by atoms with Crippen molar-refractivity contribution in [2.24, 2.45) is 5.10 Å². The predicted molar refractivity (Wildman–Crippen MR) is 115 cm³/mol. The third-order valence-electron chi connectivity index (χ3n) is 5.53. The summed E-state index contributed by atoms with van der Waals surface area (Å²) in [5.41, 5.74) is 3.01. The summed E-state index contributed by atoms with van der Waals surface area (Å²) < 4.78 is 24.6. The van der Waals surface area contributed by atoms with Gasteiger partial charge in [0.15, 0.2) is 0 Å². The van der Waals surface area contributed by atoms with Crippen LogP contribution >= 0.6 is 11.6 Å². The van der Waals surface area contributed by atoms with E-state index in [-0.39, 0.29) is 11.8 Å². The van der Waals surface area contributed by atoms with Crippen LogP contribution in [0.2, 0.25) is 5.02 Å². The van der Waals surface area contributed by atoms with Crippen molar-refractivity contribution in [1.82, 2.24) is 5.01 Å². The molecular formula is C24H18ClFN2O3. The minimum atomic E-state index is -0.958. The van der Waals surface area contributed by atoms with E-state index in [1.54, 1.807) is 24.3 Å². The van der Waals surface area contributed by atoms with Crippen molar-refractivity contribution in [3.63, 3.8) is 0 Å². The number of halogens is 2. The van der Waals surface area contributed by atoms with Gasteiger partial charge in [-0.05, 0) is 72.3 Å². The van der Waals surface area contributed by atoms with Gasteiger partial charge in [0.05, 0.1) is 18.9 Å². The van der Waals surface area contributed by atoms with Gasteiger partial charge in [-0.1, -0.05) is 11.6 Å². The molecule has 2 aliphatic rings. The number of methoxy groups -OCH3 is 1. The van der Waals surface area contributed by atoms with E-state index < -0.39 is 12.0 Å². The number of hydrazone groups is 1. The Morgan fingerprint density at radius 3 is 2.58 bits per heavy atom. The SMILES string of the molecule is COc1ccc(C2=NN3[C@H](C(=O)c4ccc(F)cc4)Oc4ccc(Cl)cc4[C@@H]3C2)cc1. The minimum absolute atomic E-state index is 0.200. The van der Waals surface area contributed by atoms with Gasteiger partial charge in [0.25, 0.3) is 6.23 Å². The summed E-state index contributed by atoms with van der Waals surface area (Å²) in [6.45, 7) is 0. The molecule has 3 aromatic carbocycles. The van der Waals surface area contributed by atoms with Gasteiger partial charge in [0.2, 0.25) is 5.78 Å². The highest BCUT2D eigenvalue weighted by Crippen LogP contribution is 2.44. The average Bonchev–Trinajstić information content (AvgIpc) is 3.24. The smallest absolute Gasteiger partial charge is 0.251 e. The van der Waals surface area contributed by atoms with Gasteiger partial charge in [-0.2, -0.15) is 5.10 Å². The number of benzene rings is 3. The third kappa shape index (κ3) is 3.53. The van der Waals surface area contributed by atoms with E-state index in [0.717, 1.165) is 22.6 Å². The van der Waals surface area contributed by atoms with Crippen molar-refractivity contribution in [3.8, 4) is 11.5 Å². The van der Waals surface area contributed by atoms with Crippen LogP contribution in [-0.4, -0.2) is 29.8 Å². The van der Waals surface area contributed by atoms with Crippen LogP contribution in [0.5, 0.6) is 11.5 Å². The quantitative estimate of drug-likeness (QED) is 0.525. The molecule has 0 amide bonds. The number of carbonyl (C=O) groups excluding carboxylic acids is 1. The van der Waals surface area contributed by atoms with Gasteiger partial charge in [-0.15, -0.1) is 0 Å². The lowest BCUT2D eigenvalue weighted by molar-refractivity contribution is -0.00455. The normalized spacial score (nSPS) is 19.2. The number of ether oxygens (including phenoxy) is 2. The molecule has 2 heterocycles. The molecule has 0 aliphatic carbocycles. The molecule has 7 heteroatoms. The second-order valence-corrected chi connectivity index (χ2v) is 7.84. The number of nitrogens with zero attached hydrogens (tertiary/aromatic N) is 2. The van der Waals surface area contributed by atoms with Crippen LogP contribution in [0.4, 0.5) is 4.39 Å². The van der Waals surface area contributed by atoms with Gasteiger partial charge in [-0.25, -0.2) is 9.40 Å². The maximum absolute atomic E-state index is 13.3. The fourth-order valence-electron chi connectivity index (χ4n) is 3.95. The molecule has 2 aliphatic heterocycles. The molecule has 3 aromatic rings. The zero-order valence-corrected chi connectivity index (χ0v) is 17.3. The highest BCUT2D eigenvalue weighted by atomic mass is 35.5. The fourth-order valence-corrected chi connectivity index (χ4v) is 4.13. The van der Waals surface area contributed by atoms with Crippen molar-refractivity contribution in [2.45, 2.75) is 18.7 Å². The Labute approximate surface area is 183 Å². The number of Topliss-reactive ketones (excluding diaryl/α,β-unsaturated/α-hetero) is 1. The molecule has 0 bridgehead atoms. The van der Waals surface area contributed by atoms with Crippen LogP contribution in [-0.2, 0) is 0 Å². The molecule has 0 aromatic heterocycles. The third-order valence-corrected chi connectivity index (χ3v) is 5.76. The maximum atomic E-state index is 13.3. The Kier molecular flexibility index (Phi) is 4.87. The van der Waals surface area contributed by atoms with Crippen LogP contribution < -0.4 is 9.47 Å². The molecule has 2 atom stereocenters. The molecule has 5 rings (SSSR count). The topological polar surface area (TPSA) is 51.1 Å². The summed E-state index contributed by atoms with van der Waals surface area (Å²) in [6, 6.07) is 18.2.